The second-order valence-corrected chi connectivity index (χ2v) is 6.81. The standard InChI is InChI=1S/C17H24N2OS/c1-13-5-6-15(21)11-16(13)17(20)19-10-7-14(12-19)18-8-3-2-4-9-18/h5-6,11,14,21H,2-4,7-10,12H2,1H3. The number of benzene rings is 1. The fraction of sp³-hybridized carbons (Fsp3) is 0.588. The van der Waals surface area contributed by atoms with E-state index >= 15 is 0 Å². The van der Waals surface area contributed by atoms with Crippen molar-refractivity contribution in [1.29, 1.82) is 0 Å². The molecule has 3 rings (SSSR count). The number of thiol groups is 1. The van der Waals surface area contributed by atoms with Crippen LogP contribution in [0.3, 0.4) is 0 Å². The largest absolute Gasteiger partial charge is 0.337 e. The van der Waals surface area contributed by atoms with Crippen LogP contribution >= 0.6 is 12.6 Å². The summed E-state index contributed by atoms with van der Waals surface area (Å²) in [5, 5.41) is 0. The first-order chi connectivity index (χ1) is 10.1. The number of amides is 1. The number of piperidine rings is 1. The Morgan fingerprint density at radius 3 is 2.71 bits per heavy atom. The van der Waals surface area contributed by atoms with Gasteiger partial charge in [0.05, 0.1) is 0 Å². The number of nitrogens with zero attached hydrogens (tertiary/aromatic N) is 2. The van der Waals surface area contributed by atoms with Crippen LogP contribution in [0.2, 0.25) is 0 Å². The quantitative estimate of drug-likeness (QED) is 0.849. The van der Waals surface area contributed by atoms with Crippen molar-refractivity contribution in [1.82, 2.24) is 9.80 Å². The summed E-state index contributed by atoms with van der Waals surface area (Å²) in [5.41, 5.74) is 1.85. The average Bonchev–Trinajstić information content (AvgIpc) is 3.00. The van der Waals surface area contributed by atoms with Crippen molar-refractivity contribution in [2.45, 2.75) is 43.5 Å². The highest BCUT2D eigenvalue weighted by Crippen LogP contribution is 2.23. The minimum atomic E-state index is 0.169. The third-order valence-electron chi connectivity index (χ3n) is 4.81. The van der Waals surface area contributed by atoms with Crippen LogP contribution in [-0.4, -0.2) is 47.9 Å². The third kappa shape index (κ3) is 3.27. The van der Waals surface area contributed by atoms with Crippen molar-refractivity contribution in [3.05, 3.63) is 29.3 Å². The van der Waals surface area contributed by atoms with Gasteiger partial charge in [0.15, 0.2) is 0 Å². The molecule has 1 amide bonds. The van der Waals surface area contributed by atoms with Crippen molar-refractivity contribution in [2.75, 3.05) is 26.2 Å². The maximum Gasteiger partial charge on any atom is 0.254 e. The van der Waals surface area contributed by atoms with E-state index in [-0.39, 0.29) is 5.91 Å². The van der Waals surface area contributed by atoms with E-state index in [2.05, 4.69) is 17.5 Å². The van der Waals surface area contributed by atoms with Gasteiger partial charge in [-0.3, -0.25) is 9.69 Å². The fourth-order valence-electron chi connectivity index (χ4n) is 3.52. The van der Waals surface area contributed by atoms with Crippen LogP contribution in [0.25, 0.3) is 0 Å². The lowest BCUT2D eigenvalue weighted by Crippen LogP contribution is -2.41. The molecule has 0 bridgehead atoms. The van der Waals surface area contributed by atoms with E-state index in [0.717, 1.165) is 35.5 Å². The second kappa shape index (κ2) is 6.41. The summed E-state index contributed by atoms with van der Waals surface area (Å²) in [6.07, 6.45) is 5.10. The number of carbonyl (C=O) groups is 1. The predicted molar refractivity (Wildman–Crippen MR) is 88.2 cm³/mol. The van der Waals surface area contributed by atoms with Crippen LogP contribution in [0, 0.1) is 6.92 Å². The second-order valence-electron chi connectivity index (χ2n) is 6.29. The van der Waals surface area contributed by atoms with Gasteiger partial charge in [-0.25, -0.2) is 0 Å². The Labute approximate surface area is 132 Å². The molecule has 1 atom stereocenters. The molecule has 0 aromatic heterocycles. The molecule has 0 radical (unpaired) electrons. The molecule has 2 aliphatic rings. The molecule has 0 N–H and O–H groups in total. The van der Waals surface area contributed by atoms with Crippen LogP contribution in [-0.2, 0) is 0 Å². The van der Waals surface area contributed by atoms with Gasteiger partial charge in [-0.15, -0.1) is 12.6 Å². The first-order valence-corrected chi connectivity index (χ1v) is 8.43. The highest BCUT2D eigenvalue weighted by atomic mass is 32.1. The van der Waals surface area contributed by atoms with Crippen LogP contribution < -0.4 is 0 Å². The molecule has 2 aliphatic heterocycles. The van der Waals surface area contributed by atoms with Crippen LogP contribution in [0.5, 0.6) is 0 Å². The first-order valence-electron chi connectivity index (χ1n) is 7.98. The Morgan fingerprint density at radius 1 is 1.19 bits per heavy atom. The van der Waals surface area contributed by atoms with E-state index in [4.69, 9.17) is 0 Å². The topological polar surface area (TPSA) is 23.6 Å². The molecule has 1 aromatic carbocycles. The van der Waals surface area contributed by atoms with Crippen LogP contribution in [0.4, 0.5) is 0 Å². The van der Waals surface area contributed by atoms with Gasteiger partial charge in [-0.05, 0) is 57.0 Å². The summed E-state index contributed by atoms with van der Waals surface area (Å²) in [7, 11) is 0. The Morgan fingerprint density at radius 2 is 1.95 bits per heavy atom. The molecule has 114 valence electrons. The van der Waals surface area contributed by atoms with Crippen molar-refractivity contribution >= 4 is 18.5 Å². The first kappa shape index (κ1) is 14.9. The summed E-state index contributed by atoms with van der Waals surface area (Å²) < 4.78 is 0. The van der Waals surface area contributed by atoms with E-state index < -0.39 is 0 Å². The zero-order valence-corrected chi connectivity index (χ0v) is 13.6. The Hall–Kier alpha value is -1.00. The van der Waals surface area contributed by atoms with Crippen molar-refractivity contribution in [3.63, 3.8) is 0 Å². The molecule has 1 aromatic rings. The lowest BCUT2D eigenvalue weighted by atomic mass is 10.1. The minimum Gasteiger partial charge on any atom is -0.337 e. The molecule has 21 heavy (non-hydrogen) atoms. The number of rotatable bonds is 2. The maximum absolute atomic E-state index is 12.7. The van der Waals surface area contributed by atoms with Gasteiger partial charge in [0.1, 0.15) is 0 Å². The number of carbonyl (C=O) groups excluding carboxylic acids is 1. The molecule has 0 saturated carbocycles. The van der Waals surface area contributed by atoms with Crippen molar-refractivity contribution < 1.29 is 4.79 Å². The predicted octanol–water partition coefficient (Wildman–Crippen LogP) is 2.98. The molecule has 0 spiro atoms. The highest BCUT2D eigenvalue weighted by Gasteiger charge is 2.31. The summed E-state index contributed by atoms with van der Waals surface area (Å²) in [6.45, 7) is 6.18. The Kier molecular flexibility index (Phi) is 4.55. The monoisotopic (exact) mass is 304 g/mol. The highest BCUT2D eigenvalue weighted by molar-refractivity contribution is 7.80. The summed E-state index contributed by atoms with van der Waals surface area (Å²) in [6, 6.07) is 6.38. The molecule has 0 aliphatic carbocycles. The SMILES string of the molecule is Cc1ccc(S)cc1C(=O)N1CCC(N2CCCCC2)C1. The van der Waals surface area contributed by atoms with Crippen LogP contribution in [0.15, 0.2) is 23.1 Å². The van der Waals surface area contributed by atoms with Gasteiger partial charge in [-0.1, -0.05) is 12.5 Å². The molecule has 3 nitrogen and oxygen atoms in total. The zero-order chi connectivity index (χ0) is 14.8. The number of hydrogen-bond donors (Lipinski definition) is 1. The molecule has 1 unspecified atom stereocenters. The zero-order valence-electron chi connectivity index (χ0n) is 12.7. The third-order valence-corrected chi connectivity index (χ3v) is 5.09. The molecular weight excluding hydrogens is 280 g/mol. The maximum atomic E-state index is 12.7. The molecule has 4 heteroatoms. The van der Waals surface area contributed by atoms with Crippen molar-refractivity contribution in [2.24, 2.45) is 0 Å². The lowest BCUT2D eigenvalue weighted by Gasteiger charge is -2.32. The van der Waals surface area contributed by atoms with Gasteiger partial charge in [0.25, 0.3) is 5.91 Å². The van der Waals surface area contributed by atoms with Crippen molar-refractivity contribution in [3.8, 4) is 0 Å². The minimum absolute atomic E-state index is 0.169. The smallest absolute Gasteiger partial charge is 0.254 e. The Balaban J connectivity index is 1.67. The number of aryl methyl sites for hydroxylation is 1. The van der Waals surface area contributed by atoms with Gasteiger partial charge in [0, 0.05) is 29.6 Å². The summed E-state index contributed by atoms with van der Waals surface area (Å²) >= 11 is 4.36. The normalized spacial score (nSPS) is 23.5. The van der Waals surface area contributed by atoms with E-state index in [1.165, 1.54) is 32.4 Å². The number of likely N-dealkylation sites (tertiary alicyclic amines) is 2. The van der Waals surface area contributed by atoms with E-state index in [9.17, 15) is 4.79 Å². The fourth-order valence-corrected chi connectivity index (χ4v) is 3.72. The van der Waals surface area contributed by atoms with Gasteiger partial charge < -0.3 is 4.90 Å². The van der Waals surface area contributed by atoms with Gasteiger partial charge in [0.2, 0.25) is 0 Å². The molecular formula is C17H24N2OS. The van der Waals surface area contributed by atoms with E-state index in [0.29, 0.717) is 6.04 Å². The summed E-state index contributed by atoms with van der Waals surface area (Å²) in [5.74, 6) is 0.169. The lowest BCUT2D eigenvalue weighted by molar-refractivity contribution is 0.0770. The van der Waals surface area contributed by atoms with Gasteiger partial charge >= 0.3 is 0 Å². The van der Waals surface area contributed by atoms with Gasteiger partial charge in [-0.2, -0.15) is 0 Å². The Bertz CT molecular complexity index is 526. The average molecular weight is 304 g/mol. The van der Waals surface area contributed by atoms with Crippen LogP contribution in [0.1, 0.15) is 41.6 Å². The number of hydrogen-bond acceptors (Lipinski definition) is 3. The molecule has 2 saturated heterocycles. The summed E-state index contributed by atoms with van der Waals surface area (Å²) in [4.78, 5) is 18.2. The van der Waals surface area contributed by atoms with E-state index in [1.54, 1.807) is 0 Å². The molecule has 2 fully saturated rings. The van der Waals surface area contributed by atoms with E-state index in [1.807, 2.05) is 30.0 Å². The molecule has 2 heterocycles.